The van der Waals surface area contributed by atoms with Crippen LogP contribution in [0.25, 0.3) is 16.6 Å². The number of hydrogen-bond donors (Lipinski definition) is 1. The van der Waals surface area contributed by atoms with Gasteiger partial charge in [-0.3, -0.25) is 4.79 Å². The number of ketones is 1. The number of ether oxygens (including phenoxy) is 1. The Kier molecular flexibility index (Phi) is 6.33. The van der Waals surface area contributed by atoms with Gasteiger partial charge in [0.15, 0.2) is 5.78 Å². The van der Waals surface area contributed by atoms with Gasteiger partial charge in [-0.15, -0.1) is 0 Å². The van der Waals surface area contributed by atoms with Crippen molar-refractivity contribution in [3.8, 4) is 5.75 Å². The Balaban J connectivity index is 1.82. The summed E-state index contributed by atoms with van der Waals surface area (Å²) < 4.78 is 37.4. The van der Waals surface area contributed by atoms with Crippen LogP contribution < -0.4 is 4.74 Å². The Morgan fingerprint density at radius 3 is 2.38 bits per heavy atom. The fraction of sp³-hybridized carbons (Fsp3) is 0.0909. The minimum absolute atomic E-state index is 0.0703. The summed E-state index contributed by atoms with van der Waals surface area (Å²) in [4.78, 5) is 25.7. The zero-order valence-electron chi connectivity index (χ0n) is 16.2. The maximum atomic E-state index is 13.4. The van der Waals surface area contributed by atoms with Gasteiger partial charge in [0.25, 0.3) is 0 Å². The molecule has 162 valence electrons. The first-order valence-electron chi connectivity index (χ1n) is 9.22. The lowest BCUT2D eigenvalue weighted by molar-refractivity contribution is -0.130. The van der Waals surface area contributed by atoms with Gasteiger partial charge in [0.1, 0.15) is 16.8 Å². The standard InChI is InChI=1S/C22H14F2N2O4S2/c23-22(24)30-15-4-1-13(2-5-15)20(27)16(9-12-7-8-31-11-12)19(21(28)29)14-3-6-17-18(10-14)26-32-25-17/h1-8,10-11,22H,9H2,(H,28,29). The number of halogens is 2. The molecule has 0 aliphatic heterocycles. The van der Waals surface area contributed by atoms with Crippen molar-refractivity contribution >= 4 is 51.4 Å². The summed E-state index contributed by atoms with van der Waals surface area (Å²) in [5.74, 6) is -1.88. The maximum absolute atomic E-state index is 13.4. The molecule has 32 heavy (non-hydrogen) atoms. The zero-order chi connectivity index (χ0) is 22.7. The highest BCUT2D eigenvalue weighted by Gasteiger charge is 2.24. The number of fused-ring (bicyclic) bond motifs is 1. The molecule has 0 unspecified atom stereocenters. The highest BCUT2D eigenvalue weighted by molar-refractivity contribution is 7.08. The number of benzene rings is 2. The number of carboxylic acid groups (broad SMARTS) is 1. The monoisotopic (exact) mass is 472 g/mol. The molecule has 6 nitrogen and oxygen atoms in total. The summed E-state index contributed by atoms with van der Waals surface area (Å²) in [6, 6.07) is 11.8. The number of rotatable bonds is 8. The van der Waals surface area contributed by atoms with E-state index in [0.29, 0.717) is 16.6 Å². The SMILES string of the molecule is O=C(O)C(=C(Cc1ccsc1)C(=O)c1ccc(OC(F)F)cc1)c1ccc2nsnc2c1. The molecule has 0 aliphatic rings. The molecule has 0 radical (unpaired) electrons. The molecule has 0 saturated heterocycles. The number of carbonyl (C=O) groups is 2. The number of allylic oxidation sites excluding steroid dienone is 1. The van der Waals surface area contributed by atoms with Gasteiger partial charge >= 0.3 is 12.6 Å². The molecule has 0 amide bonds. The van der Waals surface area contributed by atoms with Gasteiger partial charge in [0.05, 0.1) is 17.3 Å². The molecule has 0 spiro atoms. The van der Waals surface area contributed by atoms with Gasteiger partial charge in [-0.25, -0.2) is 4.79 Å². The largest absolute Gasteiger partial charge is 0.478 e. The van der Waals surface area contributed by atoms with E-state index in [9.17, 15) is 23.5 Å². The van der Waals surface area contributed by atoms with E-state index in [0.717, 1.165) is 17.3 Å². The second kappa shape index (κ2) is 9.33. The Morgan fingerprint density at radius 2 is 1.72 bits per heavy atom. The third-order valence-corrected chi connectivity index (χ3v) is 5.92. The van der Waals surface area contributed by atoms with Crippen molar-refractivity contribution in [1.29, 1.82) is 0 Å². The van der Waals surface area contributed by atoms with Crippen molar-refractivity contribution in [2.45, 2.75) is 13.0 Å². The minimum atomic E-state index is -2.99. The summed E-state index contributed by atoms with van der Waals surface area (Å²) in [5.41, 5.74) is 2.35. The number of aromatic nitrogens is 2. The van der Waals surface area contributed by atoms with Crippen LogP contribution in [-0.2, 0) is 11.2 Å². The van der Waals surface area contributed by atoms with Gasteiger partial charge in [-0.05, 0) is 64.4 Å². The molecule has 0 saturated carbocycles. The number of hydrogen-bond acceptors (Lipinski definition) is 7. The van der Waals surface area contributed by atoms with Crippen molar-refractivity contribution in [1.82, 2.24) is 8.75 Å². The topological polar surface area (TPSA) is 89.4 Å². The number of aliphatic carboxylic acids is 1. The van der Waals surface area contributed by atoms with E-state index in [1.165, 1.54) is 35.6 Å². The molecule has 0 aliphatic carbocycles. The van der Waals surface area contributed by atoms with Crippen LogP contribution in [0.4, 0.5) is 8.78 Å². The predicted molar refractivity (Wildman–Crippen MR) is 117 cm³/mol. The van der Waals surface area contributed by atoms with Gasteiger partial charge in [-0.2, -0.15) is 28.9 Å². The van der Waals surface area contributed by atoms with Crippen molar-refractivity contribution in [2.24, 2.45) is 0 Å². The first-order valence-corrected chi connectivity index (χ1v) is 10.9. The summed E-state index contributed by atoms with van der Waals surface area (Å²) in [7, 11) is 0. The van der Waals surface area contributed by atoms with E-state index in [2.05, 4.69) is 13.5 Å². The van der Waals surface area contributed by atoms with Gasteiger partial charge in [0, 0.05) is 17.6 Å². The molecule has 0 atom stereocenters. The Labute approximate surface area is 188 Å². The van der Waals surface area contributed by atoms with Crippen molar-refractivity contribution in [3.63, 3.8) is 0 Å². The number of alkyl halides is 2. The molecular formula is C22H14F2N2O4S2. The lowest BCUT2D eigenvalue weighted by Crippen LogP contribution is -2.14. The van der Waals surface area contributed by atoms with Crippen LogP contribution in [0.5, 0.6) is 5.75 Å². The Hall–Kier alpha value is -3.50. The Morgan fingerprint density at radius 1 is 1.00 bits per heavy atom. The van der Waals surface area contributed by atoms with E-state index in [1.807, 2.05) is 16.8 Å². The average Bonchev–Trinajstić information content (AvgIpc) is 3.44. The summed E-state index contributed by atoms with van der Waals surface area (Å²) in [6.07, 6.45) is 0.0899. The predicted octanol–water partition coefficient (Wildman–Crippen LogP) is 5.32. The van der Waals surface area contributed by atoms with E-state index < -0.39 is 18.4 Å². The highest BCUT2D eigenvalue weighted by Crippen LogP contribution is 2.29. The third-order valence-electron chi connectivity index (χ3n) is 4.63. The number of nitrogens with zero attached hydrogens (tertiary/aromatic N) is 2. The Bertz CT molecular complexity index is 1300. The quantitative estimate of drug-likeness (QED) is 0.276. The van der Waals surface area contributed by atoms with Crippen LogP contribution >= 0.6 is 23.1 Å². The van der Waals surface area contributed by atoms with Crippen LogP contribution in [0.3, 0.4) is 0 Å². The van der Waals surface area contributed by atoms with Crippen LogP contribution in [0.15, 0.2) is 64.9 Å². The fourth-order valence-corrected chi connectivity index (χ4v) is 4.39. The highest BCUT2D eigenvalue weighted by atomic mass is 32.1. The first kappa shape index (κ1) is 21.7. The molecule has 4 aromatic rings. The van der Waals surface area contributed by atoms with Crippen LogP contribution in [0.1, 0.15) is 21.5 Å². The maximum Gasteiger partial charge on any atom is 0.387 e. The molecule has 4 rings (SSSR count). The van der Waals surface area contributed by atoms with Crippen LogP contribution in [-0.4, -0.2) is 32.2 Å². The average molecular weight is 472 g/mol. The van der Waals surface area contributed by atoms with E-state index in [4.69, 9.17) is 0 Å². The van der Waals surface area contributed by atoms with Crippen molar-refractivity contribution in [2.75, 3.05) is 0 Å². The zero-order valence-corrected chi connectivity index (χ0v) is 17.8. The lowest BCUT2D eigenvalue weighted by atomic mass is 9.90. The van der Waals surface area contributed by atoms with Gasteiger partial charge in [-0.1, -0.05) is 6.07 Å². The second-order valence-electron chi connectivity index (χ2n) is 6.67. The van der Waals surface area contributed by atoms with Crippen LogP contribution in [0.2, 0.25) is 0 Å². The number of thiophene rings is 1. The van der Waals surface area contributed by atoms with E-state index in [-0.39, 0.29) is 28.9 Å². The second-order valence-corrected chi connectivity index (χ2v) is 7.98. The molecule has 1 N–H and O–H groups in total. The smallest absolute Gasteiger partial charge is 0.387 e. The number of carboxylic acids is 1. The molecule has 0 fully saturated rings. The molecular weight excluding hydrogens is 458 g/mol. The molecule has 0 bridgehead atoms. The fourth-order valence-electron chi connectivity index (χ4n) is 3.21. The molecule has 2 heterocycles. The number of carbonyl (C=O) groups excluding carboxylic acids is 1. The van der Waals surface area contributed by atoms with E-state index in [1.54, 1.807) is 18.2 Å². The third kappa shape index (κ3) is 4.71. The first-order chi connectivity index (χ1) is 15.4. The molecule has 2 aromatic carbocycles. The van der Waals surface area contributed by atoms with Crippen molar-refractivity contribution < 1.29 is 28.2 Å². The number of Topliss-reactive ketones (excluding diaryl/α,β-unsaturated/α-hetero) is 1. The minimum Gasteiger partial charge on any atom is -0.478 e. The summed E-state index contributed by atoms with van der Waals surface area (Å²) in [6.45, 7) is -2.99. The van der Waals surface area contributed by atoms with Gasteiger partial charge < -0.3 is 9.84 Å². The summed E-state index contributed by atoms with van der Waals surface area (Å²) in [5, 5.41) is 13.7. The van der Waals surface area contributed by atoms with E-state index >= 15 is 0 Å². The molecule has 10 heteroatoms. The lowest BCUT2D eigenvalue weighted by Gasteiger charge is -2.13. The molecule has 2 aromatic heterocycles. The van der Waals surface area contributed by atoms with Crippen LogP contribution in [0, 0.1) is 0 Å². The van der Waals surface area contributed by atoms with Crippen molar-refractivity contribution in [3.05, 3.63) is 81.6 Å². The summed E-state index contributed by atoms with van der Waals surface area (Å²) >= 11 is 2.44. The normalized spacial score (nSPS) is 12.1. The van der Waals surface area contributed by atoms with Gasteiger partial charge in [0.2, 0.25) is 0 Å².